The summed E-state index contributed by atoms with van der Waals surface area (Å²) in [5.74, 6) is 2.62. The van der Waals surface area contributed by atoms with Gasteiger partial charge in [-0.05, 0) is 37.1 Å². The van der Waals surface area contributed by atoms with Crippen LogP contribution in [0.1, 0.15) is 17.8 Å². The lowest BCUT2D eigenvalue weighted by molar-refractivity contribution is 0.648. The zero-order valence-electron chi connectivity index (χ0n) is 17.3. The van der Waals surface area contributed by atoms with Crippen LogP contribution in [0.2, 0.25) is 0 Å². The molecule has 4 rings (SSSR count). The third kappa shape index (κ3) is 5.29. The summed E-state index contributed by atoms with van der Waals surface area (Å²) < 4.78 is 1.97. The SMILES string of the molecule is CN=C(NCc1ccc(-n2ccnc2C)nc1)NC1CCN(c2ccccc2)C1.I. The average molecular weight is 517 g/mol. The van der Waals surface area contributed by atoms with Gasteiger partial charge in [-0.25, -0.2) is 9.97 Å². The lowest BCUT2D eigenvalue weighted by Gasteiger charge is -2.20. The number of anilines is 1. The molecule has 0 saturated carbocycles. The Morgan fingerprint density at radius 3 is 2.67 bits per heavy atom. The number of halogens is 1. The van der Waals surface area contributed by atoms with E-state index < -0.39 is 0 Å². The highest BCUT2D eigenvalue weighted by Crippen LogP contribution is 2.19. The van der Waals surface area contributed by atoms with Gasteiger partial charge in [-0.2, -0.15) is 0 Å². The van der Waals surface area contributed by atoms with Crippen molar-refractivity contribution in [2.45, 2.75) is 25.9 Å². The summed E-state index contributed by atoms with van der Waals surface area (Å²) in [6, 6.07) is 15.0. The van der Waals surface area contributed by atoms with Crippen LogP contribution in [0.3, 0.4) is 0 Å². The summed E-state index contributed by atoms with van der Waals surface area (Å²) >= 11 is 0. The number of benzene rings is 1. The number of aliphatic imine (C=N–C) groups is 1. The van der Waals surface area contributed by atoms with Gasteiger partial charge in [0.25, 0.3) is 0 Å². The van der Waals surface area contributed by atoms with Crippen LogP contribution in [0.15, 0.2) is 66.0 Å². The molecule has 0 spiro atoms. The van der Waals surface area contributed by atoms with Crippen LogP contribution >= 0.6 is 24.0 Å². The number of hydrogen-bond donors (Lipinski definition) is 2. The molecule has 1 unspecified atom stereocenters. The number of aryl methyl sites for hydroxylation is 1. The zero-order valence-corrected chi connectivity index (χ0v) is 19.7. The summed E-state index contributed by atoms with van der Waals surface area (Å²) in [6.45, 7) is 4.67. The van der Waals surface area contributed by atoms with Crippen molar-refractivity contribution in [2.24, 2.45) is 4.99 Å². The first-order chi connectivity index (χ1) is 14.2. The van der Waals surface area contributed by atoms with E-state index in [4.69, 9.17) is 0 Å². The van der Waals surface area contributed by atoms with Gasteiger partial charge in [-0.1, -0.05) is 24.3 Å². The molecule has 1 fully saturated rings. The lowest BCUT2D eigenvalue weighted by Crippen LogP contribution is -2.44. The Morgan fingerprint density at radius 2 is 2.00 bits per heavy atom. The first-order valence-electron chi connectivity index (χ1n) is 9.95. The van der Waals surface area contributed by atoms with Gasteiger partial charge >= 0.3 is 0 Å². The summed E-state index contributed by atoms with van der Waals surface area (Å²) in [7, 11) is 1.81. The summed E-state index contributed by atoms with van der Waals surface area (Å²) in [6.07, 6.45) is 6.68. The minimum absolute atomic E-state index is 0. The molecule has 1 aromatic carbocycles. The molecule has 1 aliphatic heterocycles. The van der Waals surface area contributed by atoms with Crippen LogP contribution in [0.4, 0.5) is 5.69 Å². The Labute approximate surface area is 194 Å². The van der Waals surface area contributed by atoms with Crippen molar-refractivity contribution in [2.75, 3.05) is 25.0 Å². The van der Waals surface area contributed by atoms with E-state index in [9.17, 15) is 0 Å². The Hall–Kier alpha value is -2.62. The maximum absolute atomic E-state index is 4.55. The Balaban J connectivity index is 0.00000256. The highest BCUT2D eigenvalue weighted by atomic mass is 127. The van der Waals surface area contributed by atoms with Crippen LogP contribution < -0.4 is 15.5 Å². The van der Waals surface area contributed by atoms with Crippen molar-refractivity contribution in [1.29, 1.82) is 0 Å². The number of nitrogens with one attached hydrogen (secondary N) is 2. The molecule has 7 nitrogen and oxygen atoms in total. The monoisotopic (exact) mass is 517 g/mol. The normalized spacial score (nSPS) is 16.3. The van der Waals surface area contributed by atoms with Crippen molar-refractivity contribution in [3.8, 4) is 5.82 Å². The van der Waals surface area contributed by atoms with E-state index in [-0.39, 0.29) is 24.0 Å². The van der Waals surface area contributed by atoms with Crippen LogP contribution in [0.5, 0.6) is 0 Å². The lowest BCUT2D eigenvalue weighted by atomic mass is 10.2. The largest absolute Gasteiger partial charge is 0.369 e. The predicted molar refractivity (Wildman–Crippen MR) is 132 cm³/mol. The molecule has 0 radical (unpaired) electrons. The van der Waals surface area contributed by atoms with E-state index in [2.05, 4.69) is 66.9 Å². The molecule has 3 heterocycles. The van der Waals surface area contributed by atoms with E-state index >= 15 is 0 Å². The van der Waals surface area contributed by atoms with Gasteiger partial charge in [0, 0.05) is 57.0 Å². The fourth-order valence-electron chi connectivity index (χ4n) is 3.61. The molecule has 2 aromatic heterocycles. The maximum Gasteiger partial charge on any atom is 0.191 e. The van der Waals surface area contributed by atoms with Gasteiger partial charge < -0.3 is 15.5 Å². The average Bonchev–Trinajstić information content (AvgIpc) is 3.41. The van der Waals surface area contributed by atoms with Crippen molar-refractivity contribution >= 4 is 35.6 Å². The summed E-state index contributed by atoms with van der Waals surface area (Å²) in [4.78, 5) is 15.6. The molecule has 0 amide bonds. The van der Waals surface area contributed by atoms with E-state index in [0.29, 0.717) is 12.6 Å². The first-order valence-corrected chi connectivity index (χ1v) is 9.95. The zero-order chi connectivity index (χ0) is 20.1. The number of guanidine groups is 1. The molecule has 0 bridgehead atoms. The first kappa shape index (κ1) is 22.1. The highest BCUT2D eigenvalue weighted by molar-refractivity contribution is 14.0. The van der Waals surface area contributed by atoms with E-state index in [0.717, 1.165) is 42.7 Å². The quantitative estimate of drug-likeness (QED) is 0.309. The molecule has 1 atom stereocenters. The topological polar surface area (TPSA) is 70.4 Å². The number of imidazole rings is 1. The van der Waals surface area contributed by atoms with Crippen molar-refractivity contribution < 1.29 is 0 Å². The van der Waals surface area contributed by atoms with Gasteiger partial charge in [-0.3, -0.25) is 9.56 Å². The van der Waals surface area contributed by atoms with Crippen LogP contribution in [-0.4, -0.2) is 46.7 Å². The van der Waals surface area contributed by atoms with Crippen LogP contribution in [0, 0.1) is 6.92 Å². The minimum atomic E-state index is 0. The number of nitrogens with zero attached hydrogens (tertiary/aromatic N) is 5. The number of hydrogen-bond acceptors (Lipinski definition) is 4. The number of para-hydroxylation sites is 1. The Bertz CT molecular complexity index is 953. The predicted octanol–water partition coefficient (Wildman–Crippen LogP) is 3.14. The van der Waals surface area contributed by atoms with Gasteiger partial charge in [0.15, 0.2) is 5.96 Å². The number of aromatic nitrogens is 3. The molecular formula is C22H28IN7. The van der Waals surface area contributed by atoms with Gasteiger partial charge in [0.05, 0.1) is 0 Å². The Morgan fingerprint density at radius 1 is 1.17 bits per heavy atom. The summed E-state index contributed by atoms with van der Waals surface area (Å²) in [5, 5.41) is 6.94. The number of pyridine rings is 1. The second-order valence-electron chi connectivity index (χ2n) is 7.21. The van der Waals surface area contributed by atoms with E-state index in [1.54, 1.807) is 6.20 Å². The minimum Gasteiger partial charge on any atom is -0.369 e. The fourth-order valence-corrected chi connectivity index (χ4v) is 3.61. The van der Waals surface area contributed by atoms with Gasteiger partial charge in [0.2, 0.25) is 0 Å². The molecule has 3 aromatic rings. The molecule has 0 aliphatic carbocycles. The van der Waals surface area contributed by atoms with E-state index in [1.807, 2.05) is 37.0 Å². The van der Waals surface area contributed by atoms with Gasteiger partial charge in [0.1, 0.15) is 11.6 Å². The van der Waals surface area contributed by atoms with Crippen LogP contribution in [-0.2, 0) is 6.54 Å². The van der Waals surface area contributed by atoms with Gasteiger partial charge in [-0.15, -0.1) is 24.0 Å². The molecule has 1 saturated heterocycles. The smallest absolute Gasteiger partial charge is 0.191 e. The third-order valence-corrected chi connectivity index (χ3v) is 5.22. The van der Waals surface area contributed by atoms with E-state index in [1.165, 1.54) is 5.69 Å². The summed E-state index contributed by atoms with van der Waals surface area (Å²) in [5.41, 5.74) is 2.38. The van der Waals surface area contributed by atoms with Crippen molar-refractivity contribution in [1.82, 2.24) is 25.2 Å². The molecule has 30 heavy (non-hydrogen) atoms. The third-order valence-electron chi connectivity index (χ3n) is 5.22. The maximum atomic E-state index is 4.55. The van der Waals surface area contributed by atoms with Crippen molar-refractivity contribution in [3.63, 3.8) is 0 Å². The van der Waals surface area contributed by atoms with Crippen molar-refractivity contribution in [3.05, 3.63) is 72.4 Å². The standard InChI is InChI=1S/C22H27N7.HI/c1-17-24-11-13-29(17)21-9-8-18(14-25-21)15-26-22(23-2)27-19-10-12-28(16-19)20-6-4-3-5-7-20;/h3-9,11,13-14,19H,10,12,15-16H2,1-2H3,(H2,23,26,27);1H. The molecule has 158 valence electrons. The highest BCUT2D eigenvalue weighted by Gasteiger charge is 2.23. The number of rotatable bonds is 5. The second-order valence-corrected chi connectivity index (χ2v) is 7.21. The van der Waals surface area contributed by atoms with Crippen LogP contribution in [0.25, 0.3) is 5.82 Å². The fraction of sp³-hybridized carbons (Fsp3) is 0.318. The second kappa shape index (κ2) is 10.4. The molecule has 8 heteroatoms. The molecule has 1 aliphatic rings. The molecule has 2 N–H and O–H groups in total. The molecular weight excluding hydrogens is 489 g/mol. The Kier molecular flexibility index (Phi) is 7.67.